The molecule has 1 atom stereocenters. The minimum absolute atomic E-state index is 0.0223. The van der Waals surface area contributed by atoms with E-state index in [0.29, 0.717) is 37.2 Å². The molecule has 2 N–H and O–H groups in total. The Labute approximate surface area is 213 Å². The van der Waals surface area contributed by atoms with Crippen molar-refractivity contribution in [1.29, 1.82) is 0 Å². The lowest BCUT2D eigenvalue weighted by Crippen LogP contribution is -2.56. The highest BCUT2D eigenvalue weighted by atomic mass is 32.2. The van der Waals surface area contributed by atoms with Crippen LogP contribution in [0.15, 0.2) is 66.0 Å². The van der Waals surface area contributed by atoms with Crippen molar-refractivity contribution in [2.24, 2.45) is 0 Å². The van der Waals surface area contributed by atoms with Crippen LogP contribution in [0.1, 0.15) is 30.4 Å². The molecule has 2 heterocycles. The second-order valence-corrected chi connectivity index (χ2v) is 10.7. The van der Waals surface area contributed by atoms with Crippen LogP contribution in [-0.2, 0) is 22.6 Å². The number of alkyl halides is 3. The molecule has 7 nitrogen and oxygen atoms in total. The van der Waals surface area contributed by atoms with Gasteiger partial charge in [0, 0.05) is 30.5 Å². The zero-order valence-corrected chi connectivity index (χ0v) is 20.9. The Hall–Kier alpha value is -3.25. The van der Waals surface area contributed by atoms with E-state index in [4.69, 9.17) is 0 Å². The summed E-state index contributed by atoms with van der Waals surface area (Å²) in [6.07, 6.45) is 0.748. The fraction of sp³-hybridized carbons (Fsp3) is 0.360. The number of likely N-dealkylation sites (N-methyl/N-ethyl adjacent to an activating group) is 1. The Balaban J connectivity index is 1.48. The standard InChI is InChI=1S/C25H27F4N5O2S/c1-30-24(11-8-18-4-2-5-19(14-18)25(27,28)29)10-3-13-34(16-24)20-6-7-22(21(26)15-20)37(35,36)33-23-9-12-31-17-32-23/h2,4-7,9,12,14-15,17,30H,3,8,10-11,13,16H2,1H3,(H,31,32,33)/t24-/m0/s1. The van der Waals surface area contributed by atoms with Crippen molar-refractivity contribution in [3.63, 3.8) is 0 Å². The molecule has 3 aromatic rings. The number of piperidine rings is 1. The van der Waals surface area contributed by atoms with Gasteiger partial charge in [0.05, 0.1) is 5.56 Å². The second kappa shape index (κ2) is 10.6. The number of aromatic nitrogens is 2. The maximum absolute atomic E-state index is 15.0. The van der Waals surface area contributed by atoms with E-state index in [1.807, 2.05) is 11.9 Å². The molecule has 12 heteroatoms. The van der Waals surface area contributed by atoms with Gasteiger partial charge in [0.2, 0.25) is 0 Å². The molecular formula is C25H27F4N5O2S. The van der Waals surface area contributed by atoms with Gasteiger partial charge in [-0.1, -0.05) is 18.2 Å². The molecule has 0 aliphatic carbocycles. The number of nitrogens with zero attached hydrogens (tertiary/aromatic N) is 3. The van der Waals surface area contributed by atoms with Gasteiger partial charge in [-0.15, -0.1) is 0 Å². The first-order chi connectivity index (χ1) is 17.5. The van der Waals surface area contributed by atoms with Crippen LogP contribution in [0.5, 0.6) is 0 Å². The monoisotopic (exact) mass is 537 g/mol. The average molecular weight is 538 g/mol. The molecule has 1 saturated heterocycles. The Bertz CT molecular complexity index is 1340. The first kappa shape index (κ1) is 26.8. The van der Waals surface area contributed by atoms with Crippen LogP contribution in [0.4, 0.5) is 29.1 Å². The van der Waals surface area contributed by atoms with Crippen LogP contribution >= 0.6 is 0 Å². The summed E-state index contributed by atoms with van der Waals surface area (Å²) in [6.45, 7) is 1.13. The van der Waals surface area contributed by atoms with Crippen molar-refractivity contribution in [3.8, 4) is 0 Å². The summed E-state index contributed by atoms with van der Waals surface area (Å²) in [5, 5.41) is 3.33. The summed E-state index contributed by atoms with van der Waals surface area (Å²) in [4.78, 5) is 8.97. The number of aryl methyl sites for hydroxylation is 1. The third-order valence-corrected chi connectivity index (χ3v) is 8.03. The van der Waals surface area contributed by atoms with Gasteiger partial charge in [0.15, 0.2) is 0 Å². The van der Waals surface area contributed by atoms with Gasteiger partial charge in [0.1, 0.15) is 22.9 Å². The minimum atomic E-state index is -4.40. The average Bonchev–Trinajstić information content (AvgIpc) is 2.87. The number of hydrogen-bond donors (Lipinski definition) is 2. The number of benzene rings is 2. The van der Waals surface area contributed by atoms with E-state index in [0.717, 1.165) is 18.9 Å². The van der Waals surface area contributed by atoms with E-state index in [9.17, 15) is 26.0 Å². The quantitative estimate of drug-likeness (QED) is 0.408. The lowest BCUT2D eigenvalue weighted by Gasteiger charge is -2.44. The van der Waals surface area contributed by atoms with Gasteiger partial charge in [-0.05, 0) is 68.6 Å². The first-order valence-corrected chi connectivity index (χ1v) is 13.2. The molecule has 4 rings (SSSR count). The van der Waals surface area contributed by atoms with Crippen LogP contribution in [-0.4, -0.2) is 44.1 Å². The normalized spacial score (nSPS) is 18.6. The van der Waals surface area contributed by atoms with Crippen molar-refractivity contribution in [2.45, 2.75) is 42.3 Å². The Morgan fingerprint density at radius 1 is 1.14 bits per heavy atom. The second-order valence-electron chi connectivity index (χ2n) is 9.07. The van der Waals surface area contributed by atoms with Gasteiger partial charge < -0.3 is 10.2 Å². The number of hydrogen-bond acceptors (Lipinski definition) is 6. The maximum atomic E-state index is 15.0. The van der Waals surface area contributed by atoms with Crippen LogP contribution < -0.4 is 14.9 Å². The molecule has 37 heavy (non-hydrogen) atoms. The van der Waals surface area contributed by atoms with E-state index in [1.54, 1.807) is 12.1 Å². The molecular weight excluding hydrogens is 510 g/mol. The lowest BCUT2D eigenvalue weighted by atomic mass is 9.83. The summed E-state index contributed by atoms with van der Waals surface area (Å²) >= 11 is 0. The highest BCUT2D eigenvalue weighted by molar-refractivity contribution is 7.92. The largest absolute Gasteiger partial charge is 0.416 e. The minimum Gasteiger partial charge on any atom is -0.370 e. The number of sulfonamides is 1. The van der Waals surface area contributed by atoms with Crippen molar-refractivity contribution in [3.05, 3.63) is 78.0 Å². The molecule has 0 saturated carbocycles. The molecule has 1 aliphatic rings. The predicted octanol–water partition coefficient (Wildman–Crippen LogP) is 4.63. The zero-order valence-electron chi connectivity index (χ0n) is 20.1. The highest BCUT2D eigenvalue weighted by Crippen LogP contribution is 2.33. The zero-order chi connectivity index (χ0) is 26.7. The molecule has 0 bridgehead atoms. The Morgan fingerprint density at radius 2 is 1.95 bits per heavy atom. The van der Waals surface area contributed by atoms with E-state index in [-0.39, 0.29) is 5.82 Å². The molecule has 1 aliphatic heterocycles. The van der Waals surface area contributed by atoms with E-state index in [2.05, 4.69) is 20.0 Å². The molecule has 198 valence electrons. The Morgan fingerprint density at radius 3 is 2.62 bits per heavy atom. The molecule has 0 radical (unpaired) electrons. The molecule has 0 unspecified atom stereocenters. The topological polar surface area (TPSA) is 87.2 Å². The summed E-state index contributed by atoms with van der Waals surface area (Å²) in [6, 6.07) is 10.6. The molecule has 1 fully saturated rings. The fourth-order valence-electron chi connectivity index (χ4n) is 4.62. The highest BCUT2D eigenvalue weighted by Gasteiger charge is 2.35. The van der Waals surface area contributed by atoms with E-state index in [1.165, 1.54) is 42.9 Å². The van der Waals surface area contributed by atoms with Crippen molar-refractivity contribution < 1.29 is 26.0 Å². The van der Waals surface area contributed by atoms with Gasteiger partial charge in [-0.3, -0.25) is 4.72 Å². The number of anilines is 2. The molecule has 0 spiro atoms. The third kappa shape index (κ3) is 6.37. The van der Waals surface area contributed by atoms with Crippen molar-refractivity contribution >= 4 is 21.5 Å². The third-order valence-electron chi connectivity index (χ3n) is 6.64. The molecule has 0 amide bonds. The summed E-state index contributed by atoms with van der Waals surface area (Å²) in [7, 11) is -2.39. The van der Waals surface area contributed by atoms with Crippen LogP contribution in [0, 0.1) is 5.82 Å². The lowest BCUT2D eigenvalue weighted by molar-refractivity contribution is -0.137. The van der Waals surface area contributed by atoms with E-state index >= 15 is 0 Å². The Kier molecular flexibility index (Phi) is 7.69. The molecule has 2 aromatic carbocycles. The summed E-state index contributed by atoms with van der Waals surface area (Å²) < 4.78 is 81.8. The van der Waals surface area contributed by atoms with E-state index < -0.39 is 38.0 Å². The fourth-order valence-corrected chi connectivity index (χ4v) is 5.69. The SMILES string of the molecule is CN[C@]1(CCc2cccc(C(F)(F)F)c2)CCCN(c2ccc(S(=O)(=O)Nc3ccncn3)c(F)c2)C1. The predicted molar refractivity (Wildman–Crippen MR) is 132 cm³/mol. The van der Waals surface area contributed by atoms with Crippen LogP contribution in [0.25, 0.3) is 0 Å². The van der Waals surface area contributed by atoms with Crippen LogP contribution in [0.2, 0.25) is 0 Å². The summed E-state index contributed by atoms with van der Waals surface area (Å²) in [5.74, 6) is -0.877. The van der Waals surface area contributed by atoms with Gasteiger partial charge >= 0.3 is 6.18 Å². The van der Waals surface area contributed by atoms with Crippen molar-refractivity contribution in [1.82, 2.24) is 15.3 Å². The number of halogens is 4. The van der Waals surface area contributed by atoms with Crippen molar-refractivity contribution in [2.75, 3.05) is 29.8 Å². The van der Waals surface area contributed by atoms with Gasteiger partial charge in [0.25, 0.3) is 10.0 Å². The number of rotatable bonds is 8. The maximum Gasteiger partial charge on any atom is 0.416 e. The van der Waals surface area contributed by atoms with Gasteiger partial charge in [-0.25, -0.2) is 22.8 Å². The molecule has 1 aromatic heterocycles. The smallest absolute Gasteiger partial charge is 0.370 e. The first-order valence-electron chi connectivity index (χ1n) is 11.7. The van der Waals surface area contributed by atoms with Crippen LogP contribution in [0.3, 0.4) is 0 Å². The van der Waals surface area contributed by atoms with Gasteiger partial charge in [-0.2, -0.15) is 13.2 Å². The number of nitrogens with one attached hydrogen (secondary N) is 2. The summed E-state index contributed by atoms with van der Waals surface area (Å²) in [5.41, 5.74) is 0.0474.